The van der Waals surface area contributed by atoms with Crippen LogP contribution in [0.15, 0.2) is 6.33 Å². The van der Waals surface area contributed by atoms with E-state index in [9.17, 15) is 0 Å². The van der Waals surface area contributed by atoms with E-state index in [-0.39, 0.29) is 0 Å². The largest absolute Gasteiger partial charge is 0.355 e. The van der Waals surface area contributed by atoms with Crippen LogP contribution in [0, 0.1) is 5.92 Å². The zero-order valence-electron chi connectivity index (χ0n) is 16.0. The Morgan fingerprint density at radius 3 is 2.60 bits per heavy atom. The molecular weight excluding hydrogens is 310 g/mol. The molecule has 3 heterocycles. The molecule has 1 saturated carbocycles. The molecule has 1 aliphatic carbocycles. The highest BCUT2D eigenvalue weighted by molar-refractivity contribution is 5.50. The van der Waals surface area contributed by atoms with Gasteiger partial charge in [0.15, 0.2) is 0 Å². The molecule has 5 nitrogen and oxygen atoms in total. The molecule has 1 aromatic heterocycles. The van der Waals surface area contributed by atoms with Crippen LogP contribution >= 0.6 is 0 Å². The van der Waals surface area contributed by atoms with E-state index >= 15 is 0 Å². The monoisotopic (exact) mass is 343 g/mol. The van der Waals surface area contributed by atoms with E-state index in [2.05, 4.69) is 33.8 Å². The van der Waals surface area contributed by atoms with Gasteiger partial charge in [0.1, 0.15) is 12.1 Å². The van der Waals surface area contributed by atoms with Crippen molar-refractivity contribution in [1.82, 2.24) is 19.8 Å². The van der Waals surface area contributed by atoms with Crippen molar-refractivity contribution in [3.63, 3.8) is 0 Å². The van der Waals surface area contributed by atoms with Crippen molar-refractivity contribution < 1.29 is 0 Å². The lowest BCUT2D eigenvalue weighted by Crippen LogP contribution is -2.32. The van der Waals surface area contributed by atoms with Crippen LogP contribution in [0.5, 0.6) is 0 Å². The molecule has 2 aliphatic heterocycles. The molecule has 1 aromatic rings. The third-order valence-electron chi connectivity index (χ3n) is 6.54. The van der Waals surface area contributed by atoms with Gasteiger partial charge >= 0.3 is 0 Å². The van der Waals surface area contributed by atoms with Gasteiger partial charge in [-0.2, -0.15) is 0 Å². The maximum absolute atomic E-state index is 4.72. The third kappa shape index (κ3) is 3.82. The molecule has 0 aromatic carbocycles. The highest BCUT2D eigenvalue weighted by Crippen LogP contribution is 2.29. The fourth-order valence-corrected chi connectivity index (χ4v) is 4.92. The Hall–Kier alpha value is -1.20. The molecule has 1 atom stereocenters. The van der Waals surface area contributed by atoms with Crippen molar-refractivity contribution in [3.8, 4) is 0 Å². The van der Waals surface area contributed by atoms with Crippen LogP contribution in [0.3, 0.4) is 0 Å². The summed E-state index contributed by atoms with van der Waals surface area (Å²) in [7, 11) is 4.38. The van der Waals surface area contributed by atoms with E-state index in [4.69, 9.17) is 4.98 Å². The molecule has 138 valence electrons. The highest BCUT2D eigenvalue weighted by atomic mass is 15.3. The summed E-state index contributed by atoms with van der Waals surface area (Å²) in [5, 5.41) is 0. The first-order chi connectivity index (χ1) is 12.2. The molecule has 0 N–H and O–H groups in total. The van der Waals surface area contributed by atoms with Crippen molar-refractivity contribution in [2.75, 3.05) is 51.7 Å². The average Bonchev–Trinajstić information content (AvgIpc) is 3.25. The normalized spacial score (nSPS) is 25.6. The second kappa shape index (κ2) is 7.58. The van der Waals surface area contributed by atoms with Gasteiger partial charge in [-0.3, -0.25) is 0 Å². The van der Waals surface area contributed by atoms with Crippen LogP contribution in [0.4, 0.5) is 5.82 Å². The molecule has 5 heteroatoms. The SMILES string of the molecule is CN(C)[C@H]1CCN(c2ncnc3c2CCN(CC2CCCC2)CC3)C1. The van der Waals surface area contributed by atoms with Crippen molar-refractivity contribution in [2.45, 2.75) is 51.0 Å². The van der Waals surface area contributed by atoms with Gasteiger partial charge in [-0.15, -0.1) is 0 Å². The summed E-state index contributed by atoms with van der Waals surface area (Å²) in [6, 6.07) is 0.648. The van der Waals surface area contributed by atoms with Crippen molar-refractivity contribution in [2.24, 2.45) is 5.92 Å². The highest BCUT2D eigenvalue weighted by Gasteiger charge is 2.29. The summed E-state index contributed by atoms with van der Waals surface area (Å²) in [4.78, 5) is 16.9. The third-order valence-corrected chi connectivity index (χ3v) is 6.54. The lowest BCUT2D eigenvalue weighted by atomic mass is 10.1. The summed E-state index contributed by atoms with van der Waals surface area (Å²) in [6.45, 7) is 5.86. The fourth-order valence-electron chi connectivity index (χ4n) is 4.92. The van der Waals surface area contributed by atoms with Crippen LogP contribution in [0.25, 0.3) is 0 Å². The van der Waals surface area contributed by atoms with E-state index < -0.39 is 0 Å². The molecule has 0 spiro atoms. The summed E-state index contributed by atoms with van der Waals surface area (Å²) in [6.07, 6.45) is 11.0. The van der Waals surface area contributed by atoms with Gasteiger partial charge in [-0.1, -0.05) is 12.8 Å². The number of hydrogen-bond acceptors (Lipinski definition) is 5. The first kappa shape index (κ1) is 17.2. The lowest BCUT2D eigenvalue weighted by Gasteiger charge is -2.24. The van der Waals surface area contributed by atoms with Crippen LogP contribution in [-0.2, 0) is 12.8 Å². The molecule has 0 amide bonds. The molecule has 25 heavy (non-hydrogen) atoms. The van der Waals surface area contributed by atoms with Gasteiger partial charge in [0.05, 0.1) is 5.69 Å². The van der Waals surface area contributed by atoms with E-state index in [1.807, 2.05) is 0 Å². The Morgan fingerprint density at radius 1 is 1.04 bits per heavy atom. The number of likely N-dealkylation sites (N-methyl/N-ethyl adjacent to an activating group) is 1. The Balaban J connectivity index is 1.45. The first-order valence-electron chi connectivity index (χ1n) is 10.2. The second-order valence-electron chi connectivity index (χ2n) is 8.43. The summed E-state index contributed by atoms with van der Waals surface area (Å²) >= 11 is 0. The second-order valence-corrected chi connectivity index (χ2v) is 8.43. The van der Waals surface area contributed by atoms with Gasteiger partial charge in [-0.25, -0.2) is 9.97 Å². The minimum absolute atomic E-state index is 0.648. The van der Waals surface area contributed by atoms with Crippen LogP contribution in [0.2, 0.25) is 0 Å². The minimum atomic E-state index is 0.648. The predicted molar refractivity (Wildman–Crippen MR) is 102 cm³/mol. The topological polar surface area (TPSA) is 35.5 Å². The maximum Gasteiger partial charge on any atom is 0.135 e. The van der Waals surface area contributed by atoms with E-state index in [0.717, 1.165) is 31.8 Å². The fraction of sp³-hybridized carbons (Fsp3) is 0.800. The van der Waals surface area contributed by atoms with Gasteiger partial charge in [0, 0.05) is 50.7 Å². The van der Waals surface area contributed by atoms with Gasteiger partial charge in [0.2, 0.25) is 0 Å². The van der Waals surface area contributed by atoms with E-state index in [1.54, 1.807) is 6.33 Å². The summed E-state index contributed by atoms with van der Waals surface area (Å²) in [5.74, 6) is 2.16. The number of hydrogen-bond donors (Lipinski definition) is 0. The molecule has 2 fully saturated rings. The van der Waals surface area contributed by atoms with Crippen molar-refractivity contribution in [3.05, 3.63) is 17.6 Å². The molecule has 0 bridgehead atoms. The van der Waals surface area contributed by atoms with Crippen LogP contribution in [0.1, 0.15) is 43.4 Å². The Labute approximate surface area is 152 Å². The number of anilines is 1. The molecule has 1 saturated heterocycles. The predicted octanol–water partition coefficient (Wildman–Crippen LogP) is 2.21. The van der Waals surface area contributed by atoms with Crippen molar-refractivity contribution >= 4 is 5.82 Å². The molecule has 0 radical (unpaired) electrons. The quantitative estimate of drug-likeness (QED) is 0.838. The lowest BCUT2D eigenvalue weighted by molar-refractivity contribution is 0.241. The standard InChI is InChI=1S/C20H33N5/c1-23(2)17-7-12-25(14-17)20-18-8-10-24(13-16-5-3-4-6-16)11-9-19(18)21-15-22-20/h15-17H,3-14H2,1-2H3/t17-/m0/s1. The van der Waals surface area contributed by atoms with Crippen LogP contribution in [-0.4, -0.2) is 72.6 Å². The van der Waals surface area contributed by atoms with Gasteiger partial charge in [-0.05, 0) is 45.7 Å². The van der Waals surface area contributed by atoms with Crippen LogP contribution < -0.4 is 4.90 Å². The average molecular weight is 344 g/mol. The summed E-state index contributed by atoms with van der Waals surface area (Å²) in [5.41, 5.74) is 2.73. The molecule has 3 aliphatic rings. The minimum Gasteiger partial charge on any atom is -0.355 e. The Kier molecular flexibility index (Phi) is 5.23. The zero-order chi connectivity index (χ0) is 17.2. The van der Waals surface area contributed by atoms with E-state index in [1.165, 1.54) is 68.8 Å². The summed E-state index contributed by atoms with van der Waals surface area (Å²) < 4.78 is 0. The number of nitrogens with zero attached hydrogens (tertiary/aromatic N) is 5. The van der Waals surface area contributed by atoms with Gasteiger partial charge < -0.3 is 14.7 Å². The molecular formula is C20H33N5. The number of fused-ring (bicyclic) bond motifs is 1. The maximum atomic E-state index is 4.72. The molecule has 0 unspecified atom stereocenters. The van der Waals surface area contributed by atoms with Crippen molar-refractivity contribution in [1.29, 1.82) is 0 Å². The smallest absolute Gasteiger partial charge is 0.135 e. The molecule has 4 rings (SSSR count). The Bertz CT molecular complexity index is 581. The van der Waals surface area contributed by atoms with Gasteiger partial charge in [0.25, 0.3) is 0 Å². The first-order valence-corrected chi connectivity index (χ1v) is 10.2. The van der Waals surface area contributed by atoms with E-state index in [0.29, 0.717) is 6.04 Å². The number of aromatic nitrogens is 2. The zero-order valence-corrected chi connectivity index (χ0v) is 16.0. The Morgan fingerprint density at radius 2 is 1.84 bits per heavy atom. The number of rotatable bonds is 4.